The molecule has 1 aliphatic rings. The standard InChI is InChI=1S/C10H6F2N2O3/c11-10(12)16-7-2-1-6(5-8(7)17-10)14-9(15)3-4-13/h1-2,5H,3H2,(H,14,15). The Morgan fingerprint density at radius 2 is 2.12 bits per heavy atom. The van der Waals surface area contributed by atoms with Crippen molar-refractivity contribution in [2.45, 2.75) is 12.7 Å². The molecular weight excluding hydrogens is 234 g/mol. The van der Waals surface area contributed by atoms with E-state index in [1.807, 2.05) is 0 Å². The Morgan fingerprint density at radius 3 is 2.82 bits per heavy atom. The van der Waals surface area contributed by atoms with E-state index in [0.717, 1.165) is 0 Å². The van der Waals surface area contributed by atoms with Crippen LogP contribution in [0.15, 0.2) is 18.2 Å². The van der Waals surface area contributed by atoms with Gasteiger partial charge >= 0.3 is 6.29 Å². The molecule has 17 heavy (non-hydrogen) atoms. The zero-order valence-corrected chi connectivity index (χ0v) is 8.37. The van der Waals surface area contributed by atoms with Crippen molar-refractivity contribution in [2.75, 3.05) is 5.32 Å². The van der Waals surface area contributed by atoms with Crippen LogP contribution >= 0.6 is 0 Å². The summed E-state index contributed by atoms with van der Waals surface area (Å²) < 4.78 is 33.7. The van der Waals surface area contributed by atoms with Gasteiger partial charge in [-0.05, 0) is 12.1 Å². The number of anilines is 1. The van der Waals surface area contributed by atoms with Crippen LogP contribution in [0.25, 0.3) is 0 Å². The Labute approximate surface area is 94.5 Å². The van der Waals surface area contributed by atoms with E-state index in [-0.39, 0.29) is 23.6 Å². The summed E-state index contributed by atoms with van der Waals surface area (Å²) in [7, 11) is 0. The van der Waals surface area contributed by atoms with Crippen molar-refractivity contribution in [3.8, 4) is 17.6 Å². The Kier molecular flexibility index (Phi) is 2.55. The van der Waals surface area contributed by atoms with Gasteiger partial charge in [0.15, 0.2) is 11.5 Å². The van der Waals surface area contributed by atoms with Crippen LogP contribution in [0.4, 0.5) is 14.5 Å². The summed E-state index contributed by atoms with van der Waals surface area (Å²) in [6, 6.07) is 5.49. The summed E-state index contributed by atoms with van der Waals surface area (Å²) in [5.41, 5.74) is 0.255. The first-order chi connectivity index (χ1) is 8.00. The third-order valence-electron chi connectivity index (χ3n) is 1.92. The predicted molar refractivity (Wildman–Crippen MR) is 51.5 cm³/mol. The number of carbonyl (C=O) groups is 1. The minimum absolute atomic E-state index is 0.103. The molecule has 0 fully saturated rings. The van der Waals surface area contributed by atoms with Gasteiger partial charge in [0.2, 0.25) is 5.91 Å². The maximum Gasteiger partial charge on any atom is 0.586 e. The molecule has 88 valence electrons. The van der Waals surface area contributed by atoms with Crippen LogP contribution < -0.4 is 14.8 Å². The first kappa shape index (κ1) is 11.1. The van der Waals surface area contributed by atoms with E-state index < -0.39 is 12.2 Å². The highest BCUT2D eigenvalue weighted by molar-refractivity contribution is 5.92. The number of rotatable bonds is 2. The lowest BCUT2D eigenvalue weighted by Crippen LogP contribution is -2.25. The third-order valence-corrected chi connectivity index (χ3v) is 1.92. The molecular formula is C10H6F2N2O3. The molecule has 1 amide bonds. The van der Waals surface area contributed by atoms with Gasteiger partial charge in [0.25, 0.3) is 0 Å². The fourth-order valence-electron chi connectivity index (χ4n) is 1.30. The maximum atomic E-state index is 12.7. The van der Waals surface area contributed by atoms with Crippen LogP contribution in [0, 0.1) is 11.3 Å². The minimum Gasteiger partial charge on any atom is -0.395 e. The third kappa shape index (κ3) is 2.42. The van der Waals surface area contributed by atoms with Crippen molar-refractivity contribution in [3.05, 3.63) is 18.2 Å². The monoisotopic (exact) mass is 240 g/mol. The minimum atomic E-state index is -3.68. The molecule has 1 heterocycles. The van der Waals surface area contributed by atoms with Crippen molar-refractivity contribution in [3.63, 3.8) is 0 Å². The number of benzene rings is 1. The number of hydrogen-bond donors (Lipinski definition) is 1. The average molecular weight is 240 g/mol. The second-order valence-corrected chi connectivity index (χ2v) is 3.21. The van der Waals surface area contributed by atoms with Crippen molar-refractivity contribution < 1.29 is 23.0 Å². The molecule has 0 saturated carbocycles. The number of ether oxygens (including phenoxy) is 2. The zero-order valence-electron chi connectivity index (χ0n) is 8.37. The van der Waals surface area contributed by atoms with Crippen molar-refractivity contribution in [1.29, 1.82) is 5.26 Å². The molecule has 0 radical (unpaired) electrons. The van der Waals surface area contributed by atoms with Crippen molar-refractivity contribution >= 4 is 11.6 Å². The number of alkyl halides is 2. The number of nitrogens with zero attached hydrogens (tertiary/aromatic N) is 1. The zero-order chi connectivity index (χ0) is 12.5. The summed E-state index contributed by atoms with van der Waals surface area (Å²) >= 11 is 0. The lowest BCUT2D eigenvalue weighted by atomic mass is 10.2. The lowest BCUT2D eigenvalue weighted by Gasteiger charge is -2.04. The number of hydrogen-bond acceptors (Lipinski definition) is 4. The van der Waals surface area contributed by atoms with Gasteiger partial charge in [-0.1, -0.05) is 0 Å². The van der Waals surface area contributed by atoms with Crippen LogP contribution in [-0.4, -0.2) is 12.2 Å². The fourth-order valence-corrected chi connectivity index (χ4v) is 1.30. The van der Waals surface area contributed by atoms with Gasteiger partial charge in [0.1, 0.15) is 6.42 Å². The molecule has 1 N–H and O–H groups in total. The molecule has 7 heteroatoms. The summed E-state index contributed by atoms with van der Waals surface area (Å²) in [6.07, 6.45) is -4.00. The Morgan fingerprint density at radius 1 is 1.41 bits per heavy atom. The van der Waals surface area contributed by atoms with E-state index in [1.54, 1.807) is 6.07 Å². The number of halogens is 2. The van der Waals surface area contributed by atoms with Gasteiger partial charge in [-0.15, -0.1) is 8.78 Å². The number of nitriles is 1. The highest BCUT2D eigenvalue weighted by Gasteiger charge is 2.43. The first-order valence-electron chi connectivity index (χ1n) is 4.57. The number of nitrogens with one attached hydrogen (secondary N) is 1. The van der Waals surface area contributed by atoms with Crippen LogP contribution in [0.3, 0.4) is 0 Å². The fraction of sp³-hybridized carbons (Fsp3) is 0.200. The molecule has 1 aliphatic heterocycles. The summed E-state index contributed by atoms with van der Waals surface area (Å²) in [4.78, 5) is 11.1. The van der Waals surface area contributed by atoms with Crippen LogP contribution in [0.5, 0.6) is 11.5 Å². The maximum absolute atomic E-state index is 12.7. The molecule has 2 rings (SSSR count). The largest absolute Gasteiger partial charge is 0.586 e. The second kappa shape index (κ2) is 3.90. The highest BCUT2D eigenvalue weighted by Crippen LogP contribution is 2.42. The van der Waals surface area contributed by atoms with Crippen molar-refractivity contribution in [2.24, 2.45) is 0 Å². The molecule has 1 aromatic rings. The average Bonchev–Trinajstić information content (AvgIpc) is 2.51. The van der Waals surface area contributed by atoms with Gasteiger partial charge < -0.3 is 14.8 Å². The van der Waals surface area contributed by atoms with Crippen LogP contribution in [0.2, 0.25) is 0 Å². The van der Waals surface area contributed by atoms with E-state index in [2.05, 4.69) is 14.8 Å². The van der Waals surface area contributed by atoms with E-state index in [0.29, 0.717) is 0 Å². The van der Waals surface area contributed by atoms with Gasteiger partial charge in [0.05, 0.1) is 6.07 Å². The van der Waals surface area contributed by atoms with Gasteiger partial charge in [-0.2, -0.15) is 5.26 Å². The van der Waals surface area contributed by atoms with E-state index in [9.17, 15) is 13.6 Å². The molecule has 0 aromatic heterocycles. The van der Waals surface area contributed by atoms with Crippen LogP contribution in [-0.2, 0) is 4.79 Å². The number of fused-ring (bicyclic) bond motifs is 1. The SMILES string of the molecule is N#CCC(=O)Nc1ccc2c(c1)OC(F)(F)O2. The van der Waals surface area contributed by atoms with Crippen LogP contribution in [0.1, 0.15) is 6.42 Å². The summed E-state index contributed by atoms with van der Waals surface area (Å²) in [5.74, 6) is -0.795. The van der Waals surface area contributed by atoms with E-state index >= 15 is 0 Å². The predicted octanol–water partition coefficient (Wildman–Crippen LogP) is 1.86. The molecule has 0 spiro atoms. The molecule has 0 saturated heterocycles. The topological polar surface area (TPSA) is 71.4 Å². The van der Waals surface area contributed by atoms with Gasteiger partial charge in [-0.3, -0.25) is 4.79 Å². The van der Waals surface area contributed by atoms with Crippen molar-refractivity contribution in [1.82, 2.24) is 0 Å². The second-order valence-electron chi connectivity index (χ2n) is 3.21. The molecule has 0 bridgehead atoms. The molecule has 1 aromatic carbocycles. The summed E-state index contributed by atoms with van der Waals surface area (Å²) in [6.45, 7) is 0. The number of amides is 1. The molecule has 0 aliphatic carbocycles. The van der Waals surface area contributed by atoms with E-state index in [4.69, 9.17) is 5.26 Å². The molecule has 0 atom stereocenters. The van der Waals surface area contributed by atoms with E-state index in [1.165, 1.54) is 18.2 Å². The molecule has 0 unspecified atom stereocenters. The molecule has 5 nitrogen and oxygen atoms in total. The lowest BCUT2D eigenvalue weighted by molar-refractivity contribution is -0.286. The number of carbonyl (C=O) groups excluding carboxylic acids is 1. The Balaban J connectivity index is 2.14. The van der Waals surface area contributed by atoms with Gasteiger partial charge in [-0.25, -0.2) is 0 Å². The smallest absolute Gasteiger partial charge is 0.395 e. The highest BCUT2D eigenvalue weighted by atomic mass is 19.3. The first-order valence-corrected chi connectivity index (χ1v) is 4.57. The Bertz CT molecular complexity index is 511. The Hall–Kier alpha value is -2.36. The normalized spacial score (nSPS) is 15.1. The quantitative estimate of drug-likeness (QED) is 0.856. The summed E-state index contributed by atoms with van der Waals surface area (Å²) in [5, 5.41) is 10.6. The van der Waals surface area contributed by atoms with Gasteiger partial charge in [0, 0.05) is 11.8 Å².